The highest BCUT2D eigenvalue weighted by Gasteiger charge is 2.24. The molecule has 7 aromatic rings. The average Bonchev–Trinajstić information content (AvgIpc) is 3.85. The number of benzene rings is 3. The van der Waals surface area contributed by atoms with Crippen molar-refractivity contribution >= 4 is 45.3 Å². The Morgan fingerprint density at radius 2 is 0.600 bits per heavy atom. The van der Waals surface area contributed by atoms with Crippen LogP contribution in [-0.4, -0.2) is 19.9 Å². The predicted molar refractivity (Wildman–Crippen MR) is 171 cm³/mol. The lowest BCUT2D eigenvalue weighted by Crippen LogP contribution is -1.96. The van der Waals surface area contributed by atoms with Gasteiger partial charge in [0, 0.05) is 80.7 Å². The zero-order valence-corrected chi connectivity index (χ0v) is 24.9. The first-order chi connectivity index (χ1) is 24.0. The quantitative estimate of drug-likeness (QED) is 0.159. The van der Waals surface area contributed by atoms with Gasteiger partial charge >= 0.3 is 0 Å². The zero-order chi connectivity index (χ0) is 35.0. The summed E-state index contributed by atoms with van der Waals surface area (Å²) in [5, 5.41) is 0. The van der Waals surface area contributed by atoms with Crippen LogP contribution >= 0.6 is 0 Å². The molecule has 8 rings (SSSR count). The molecule has 50 heavy (non-hydrogen) atoms. The highest BCUT2D eigenvalue weighted by atomic mass is 19.2. The molecule has 0 atom stereocenters. The van der Waals surface area contributed by atoms with Crippen LogP contribution in [0.2, 0.25) is 0 Å². The van der Waals surface area contributed by atoms with E-state index in [4.69, 9.17) is 0 Å². The van der Waals surface area contributed by atoms with Gasteiger partial charge in [0.2, 0.25) is 0 Å². The van der Waals surface area contributed by atoms with Crippen LogP contribution in [0.3, 0.4) is 0 Å². The maximum Gasteiger partial charge on any atom is 0.137 e. The summed E-state index contributed by atoms with van der Waals surface area (Å²) in [5.41, 5.74) is -2.11. The average molecular weight is 689 g/mol. The topological polar surface area (TPSA) is 60.3 Å². The van der Waals surface area contributed by atoms with Gasteiger partial charge in [0.15, 0.2) is 0 Å². The third kappa shape index (κ3) is 5.00. The van der Waals surface area contributed by atoms with Crippen LogP contribution in [0.5, 0.6) is 0 Å². The van der Waals surface area contributed by atoms with E-state index in [1.54, 1.807) is 0 Å². The fourth-order valence-electron chi connectivity index (χ4n) is 6.29. The smallest absolute Gasteiger partial charge is 0.137 e. The second-order valence-electron chi connectivity index (χ2n) is 11.4. The van der Waals surface area contributed by atoms with Crippen molar-refractivity contribution in [2.45, 2.75) is 0 Å². The van der Waals surface area contributed by atoms with Crippen molar-refractivity contribution in [3.05, 3.63) is 137 Å². The molecule has 4 nitrogen and oxygen atoms in total. The third-order valence-corrected chi connectivity index (χ3v) is 8.35. The van der Waals surface area contributed by atoms with Gasteiger partial charge in [-0.2, -0.15) is 0 Å². The number of aromatic nitrogens is 4. The Morgan fingerprint density at radius 1 is 0.320 bits per heavy atom. The molecular weight excluding hydrogens is 671 g/mol. The normalized spacial score (nSPS) is 12.0. The van der Waals surface area contributed by atoms with Gasteiger partial charge in [0.25, 0.3) is 0 Å². The lowest BCUT2D eigenvalue weighted by atomic mass is 10.0. The number of rotatable bonds is 3. The van der Waals surface area contributed by atoms with Crippen molar-refractivity contribution < 1.29 is 39.5 Å². The molecule has 8 bridgehead atoms. The summed E-state index contributed by atoms with van der Waals surface area (Å²) in [6.07, 6.45) is 2.91. The van der Waals surface area contributed by atoms with Crippen LogP contribution in [0, 0.1) is 52.4 Å². The first-order valence-electron chi connectivity index (χ1n) is 14.8. The molecule has 0 saturated carbocycles. The molecule has 1 aliphatic rings. The molecule has 0 saturated heterocycles. The van der Waals surface area contributed by atoms with Gasteiger partial charge in [-0.3, -0.25) is 0 Å². The minimum atomic E-state index is -1.32. The van der Waals surface area contributed by atoms with Crippen molar-refractivity contribution in [1.82, 2.24) is 19.9 Å². The Bertz CT molecular complexity index is 2650. The molecular formula is C37H17F9N4. The predicted octanol–water partition coefficient (Wildman–Crippen LogP) is 10.9. The van der Waals surface area contributed by atoms with E-state index < -0.39 is 69.0 Å². The zero-order valence-electron chi connectivity index (χ0n) is 24.9. The van der Waals surface area contributed by atoms with Gasteiger partial charge < -0.3 is 15.0 Å². The number of hydrogen-bond acceptors (Lipinski definition) is 1. The number of nitrogens with one attached hydrogen (secondary N) is 3. The molecule has 0 radical (unpaired) electrons. The van der Waals surface area contributed by atoms with Crippen molar-refractivity contribution in [3.63, 3.8) is 0 Å². The SMILES string of the molecule is Fc1cc(F)c(-c2c3nc(c4ccc([nH]4)c(-c4c(F)cc(F)cc4F)c4ccc([nH]4)c(-c4c(F)cc(F)cc4F)c4ccc2[nH]4)C=C3)c(F)c1. The molecule has 248 valence electrons. The minimum Gasteiger partial charge on any atom is -0.354 e. The van der Waals surface area contributed by atoms with Gasteiger partial charge in [-0.1, -0.05) is 0 Å². The number of hydrogen-bond donors (Lipinski definition) is 3. The Morgan fingerprint density at radius 3 is 0.980 bits per heavy atom. The van der Waals surface area contributed by atoms with E-state index in [-0.39, 0.29) is 55.7 Å². The van der Waals surface area contributed by atoms with Crippen LogP contribution in [0.4, 0.5) is 39.5 Å². The molecule has 1 aliphatic heterocycles. The monoisotopic (exact) mass is 688 g/mol. The van der Waals surface area contributed by atoms with Gasteiger partial charge in [-0.05, 0) is 48.6 Å². The number of nitrogens with zero attached hydrogens (tertiary/aromatic N) is 1. The third-order valence-electron chi connectivity index (χ3n) is 8.35. The van der Waals surface area contributed by atoms with Crippen LogP contribution in [0.1, 0.15) is 11.4 Å². The minimum absolute atomic E-state index is 0.00832. The summed E-state index contributed by atoms with van der Waals surface area (Å²) in [6, 6.07) is 11.2. The van der Waals surface area contributed by atoms with E-state index in [2.05, 4.69) is 19.9 Å². The van der Waals surface area contributed by atoms with Crippen molar-refractivity contribution in [3.8, 4) is 33.4 Å². The summed E-state index contributed by atoms with van der Waals surface area (Å²) >= 11 is 0. The number of fused-ring (bicyclic) bond motifs is 9. The molecule has 3 N–H and O–H groups in total. The number of H-pyrrole nitrogens is 3. The largest absolute Gasteiger partial charge is 0.354 e. The highest BCUT2D eigenvalue weighted by molar-refractivity contribution is 6.00. The molecule has 4 aromatic heterocycles. The highest BCUT2D eigenvalue weighted by Crippen LogP contribution is 2.39. The van der Waals surface area contributed by atoms with E-state index in [1.807, 2.05) is 0 Å². The summed E-state index contributed by atoms with van der Waals surface area (Å²) in [6.45, 7) is 0. The van der Waals surface area contributed by atoms with E-state index in [0.717, 1.165) is 0 Å². The maximum absolute atomic E-state index is 15.5. The Balaban J connectivity index is 1.61. The van der Waals surface area contributed by atoms with Crippen LogP contribution in [0.25, 0.3) is 78.6 Å². The summed E-state index contributed by atoms with van der Waals surface area (Å²) < 4.78 is 135. The molecule has 5 heterocycles. The maximum atomic E-state index is 15.5. The molecule has 3 aromatic carbocycles. The van der Waals surface area contributed by atoms with E-state index in [1.165, 1.54) is 48.6 Å². The lowest BCUT2D eigenvalue weighted by Gasteiger charge is -2.09. The van der Waals surface area contributed by atoms with E-state index in [0.29, 0.717) is 41.9 Å². The second-order valence-corrected chi connectivity index (χ2v) is 11.4. The van der Waals surface area contributed by atoms with Crippen molar-refractivity contribution in [2.75, 3.05) is 0 Å². The van der Waals surface area contributed by atoms with Gasteiger partial charge in [0.1, 0.15) is 52.4 Å². The standard InChI is InChI=1S/C37H17F9N4/c38-15-9-18(41)32(19(42)10-15)35-26-3-1-24(47-26)25-2-4-27(48-25)36(33-20(43)11-16(39)12-21(33)44)29-6-8-31(50-29)37(30-7-5-28(35)49-30)34-22(45)13-17(40)14-23(34)46/h1-14,47,49-50H. The van der Waals surface area contributed by atoms with E-state index in [9.17, 15) is 13.2 Å². The molecule has 0 aliphatic carbocycles. The Kier molecular flexibility index (Phi) is 7.10. The van der Waals surface area contributed by atoms with Gasteiger partial charge in [-0.15, -0.1) is 0 Å². The van der Waals surface area contributed by atoms with Crippen molar-refractivity contribution in [1.29, 1.82) is 0 Å². The van der Waals surface area contributed by atoms with Crippen LogP contribution in [-0.2, 0) is 0 Å². The fourth-order valence-corrected chi connectivity index (χ4v) is 6.29. The van der Waals surface area contributed by atoms with Gasteiger partial charge in [0.05, 0.1) is 33.6 Å². The van der Waals surface area contributed by atoms with Gasteiger partial charge in [-0.25, -0.2) is 44.5 Å². The summed E-state index contributed by atoms with van der Waals surface area (Å²) in [5.74, 6) is -11.2. The summed E-state index contributed by atoms with van der Waals surface area (Å²) in [4.78, 5) is 13.4. The first kappa shape index (κ1) is 31.1. The van der Waals surface area contributed by atoms with Crippen LogP contribution < -0.4 is 0 Å². The lowest BCUT2D eigenvalue weighted by molar-refractivity contribution is 0.547. The fraction of sp³-hybridized carbons (Fsp3) is 0. The Labute approximate surface area is 274 Å². The van der Waals surface area contributed by atoms with Crippen molar-refractivity contribution in [2.24, 2.45) is 0 Å². The van der Waals surface area contributed by atoms with Crippen LogP contribution in [0.15, 0.2) is 72.8 Å². The molecule has 0 fully saturated rings. The molecule has 13 heteroatoms. The first-order valence-corrected chi connectivity index (χ1v) is 14.8. The number of aromatic amines is 3. The number of halogens is 9. The summed E-state index contributed by atoms with van der Waals surface area (Å²) in [7, 11) is 0. The van der Waals surface area contributed by atoms with E-state index >= 15 is 26.3 Å². The second kappa shape index (κ2) is 11.4. The molecule has 0 spiro atoms. The molecule has 0 unspecified atom stereocenters. The Hall–Kier alpha value is -6.24. The molecule has 0 amide bonds.